The summed E-state index contributed by atoms with van der Waals surface area (Å²) in [7, 11) is -3.62. The normalized spacial score (nSPS) is 11.4. The minimum Gasteiger partial charge on any atom is -0.508 e. The summed E-state index contributed by atoms with van der Waals surface area (Å²) in [5, 5.41) is 9.14. The Kier molecular flexibility index (Phi) is 3.66. The first-order chi connectivity index (χ1) is 7.29. The van der Waals surface area contributed by atoms with Gasteiger partial charge in [0.15, 0.2) is 5.78 Å². The van der Waals surface area contributed by atoms with Crippen LogP contribution in [0.1, 0.15) is 15.9 Å². The summed E-state index contributed by atoms with van der Waals surface area (Å²) < 4.78 is 25.8. The Morgan fingerprint density at radius 3 is 2.56 bits per heavy atom. The third-order valence-corrected chi connectivity index (χ3v) is 2.46. The number of carbonyl (C=O) groups excluding carboxylic acids is 1. The lowest BCUT2D eigenvalue weighted by atomic mass is 10.1. The van der Waals surface area contributed by atoms with E-state index in [0.29, 0.717) is 11.1 Å². The zero-order chi connectivity index (χ0) is 12.3. The molecule has 0 atom stereocenters. The average Bonchev–Trinajstić information content (AvgIpc) is 2.13. The first kappa shape index (κ1) is 12.7. The minimum atomic E-state index is -3.62. The second kappa shape index (κ2) is 4.63. The number of aryl methyl sites for hydroxylation is 1. The number of aromatic hydroxyl groups is 1. The molecule has 0 saturated carbocycles. The second-order valence-corrected chi connectivity index (χ2v) is 5.03. The Bertz CT molecular complexity index is 504. The van der Waals surface area contributed by atoms with E-state index in [9.17, 15) is 13.2 Å². The van der Waals surface area contributed by atoms with Crippen LogP contribution >= 0.6 is 0 Å². The van der Waals surface area contributed by atoms with E-state index in [1.165, 1.54) is 18.2 Å². The molecule has 0 radical (unpaired) electrons. The van der Waals surface area contributed by atoms with E-state index in [0.717, 1.165) is 6.26 Å². The monoisotopic (exact) mass is 244 g/mol. The molecule has 0 saturated heterocycles. The summed E-state index contributed by atoms with van der Waals surface area (Å²) in [6.07, 6.45) is 0.879. The molecule has 0 unspecified atom stereocenters. The van der Waals surface area contributed by atoms with Gasteiger partial charge in [-0.2, -0.15) is 8.42 Å². The van der Waals surface area contributed by atoms with Crippen molar-refractivity contribution in [2.45, 2.75) is 6.92 Å². The Morgan fingerprint density at radius 2 is 2.06 bits per heavy atom. The highest BCUT2D eigenvalue weighted by atomic mass is 32.2. The SMILES string of the molecule is Cc1cc(O)ccc1C(=O)COS(C)(=O)=O. The van der Waals surface area contributed by atoms with E-state index in [2.05, 4.69) is 4.18 Å². The molecule has 0 aromatic heterocycles. The largest absolute Gasteiger partial charge is 0.508 e. The Morgan fingerprint density at radius 1 is 1.44 bits per heavy atom. The van der Waals surface area contributed by atoms with E-state index in [-0.39, 0.29) is 5.75 Å². The minimum absolute atomic E-state index is 0.0538. The topological polar surface area (TPSA) is 80.7 Å². The van der Waals surface area contributed by atoms with Gasteiger partial charge in [0, 0.05) is 5.56 Å². The molecule has 0 aliphatic carbocycles. The van der Waals surface area contributed by atoms with Crippen LogP contribution in [0.5, 0.6) is 5.75 Å². The number of carbonyl (C=O) groups is 1. The van der Waals surface area contributed by atoms with Crippen molar-refractivity contribution in [2.75, 3.05) is 12.9 Å². The van der Waals surface area contributed by atoms with Crippen molar-refractivity contribution in [2.24, 2.45) is 0 Å². The van der Waals surface area contributed by atoms with Crippen LogP contribution in [0.25, 0.3) is 0 Å². The van der Waals surface area contributed by atoms with E-state index in [4.69, 9.17) is 5.11 Å². The maximum Gasteiger partial charge on any atom is 0.264 e. The number of hydrogen-bond donors (Lipinski definition) is 1. The van der Waals surface area contributed by atoms with Crippen molar-refractivity contribution in [1.29, 1.82) is 0 Å². The number of benzene rings is 1. The lowest BCUT2D eigenvalue weighted by Crippen LogP contribution is -2.14. The summed E-state index contributed by atoms with van der Waals surface area (Å²) in [4.78, 5) is 11.6. The highest BCUT2D eigenvalue weighted by molar-refractivity contribution is 7.86. The standard InChI is InChI=1S/C10H12O5S/c1-7-5-8(11)3-4-9(7)10(12)6-15-16(2,13)14/h3-5,11H,6H2,1-2H3. The third kappa shape index (κ3) is 3.63. The van der Waals surface area contributed by atoms with Crippen LogP contribution < -0.4 is 0 Å². The van der Waals surface area contributed by atoms with E-state index in [1.54, 1.807) is 6.92 Å². The number of ketones is 1. The molecule has 6 heteroatoms. The molecule has 0 heterocycles. The molecule has 0 spiro atoms. The summed E-state index contributed by atoms with van der Waals surface area (Å²) in [5.41, 5.74) is 0.906. The molecule has 1 aromatic carbocycles. The van der Waals surface area contributed by atoms with Gasteiger partial charge in [0.2, 0.25) is 0 Å². The van der Waals surface area contributed by atoms with Crippen molar-refractivity contribution < 1.29 is 22.5 Å². The van der Waals surface area contributed by atoms with E-state index >= 15 is 0 Å². The number of rotatable bonds is 4. The molecule has 0 bridgehead atoms. The van der Waals surface area contributed by atoms with Gasteiger partial charge in [0.1, 0.15) is 12.4 Å². The van der Waals surface area contributed by atoms with Crippen LogP contribution in [0, 0.1) is 6.92 Å². The maximum atomic E-state index is 11.6. The third-order valence-electron chi connectivity index (χ3n) is 1.91. The number of Topliss-reactive ketones (excluding diaryl/α,β-unsaturated/α-hetero) is 1. The zero-order valence-electron chi connectivity index (χ0n) is 8.93. The predicted octanol–water partition coefficient (Wildman–Crippen LogP) is 0.860. The quantitative estimate of drug-likeness (QED) is 0.627. The zero-order valence-corrected chi connectivity index (χ0v) is 9.74. The lowest BCUT2D eigenvalue weighted by Gasteiger charge is -2.05. The van der Waals surface area contributed by atoms with E-state index < -0.39 is 22.5 Å². The fraction of sp³-hybridized carbons (Fsp3) is 0.300. The van der Waals surface area contributed by atoms with Crippen LogP contribution in [0.15, 0.2) is 18.2 Å². The molecular weight excluding hydrogens is 232 g/mol. The molecule has 1 rings (SSSR count). The smallest absolute Gasteiger partial charge is 0.264 e. The highest BCUT2D eigenvalue weighted by Gasteiger charge is 2.12. The van der Waals surface area contributed by atoms with Gasteiger partial charge < -0.3 is 5.11 Å². The van der Waals surface area contributed by atoms with Crippen LogP contribution in [-0.4, -0.2) is 32.2 Å². The summed E-state index contributed by atoms with van der Waals surface area (Å²) >= 11 is 0. The summed E-state index contributed by atoms with van der Waals surface area (Å²) in [6, 6.07) is 4.22. The highest BCUT2D eigenvalue weighted by Crippen LogP contribution is 2.16. The summed E-state index contributed by atoms with van der Waals surface area (Å²) in [6.45, 7) is 1.12. The molecule has 1 N–H and O–H groups in total. The lowest BCUT2D eigenvalue weighted by molar-refractivity contribution is 0.0925. The molecule has 0 amide bonds. The average molecular weight is 244 g/mol. The van der Waals surface area contributed by atoms with Crippen molar-refractivity contribution in [3.05, 3.63) is 29.3 Å². The Labute approximate surface area is 93.8 Å². The maximum absolute atomic E-state index is 11.6. The molecule has 1 aromatic rings. The van der Waals surface area contributed by atoms with Gasteiger partial charge in [-0.1, -0.05) is 0 Å². The van der Waals surface area contributed by atoms with Crippen LogP contribution in [-0.2, 0) is 14.3 Å². The first-order valence-electron chi connectivity index (χ1n) is 4.47. The Hall–Kier alpha value is -1.40. The predicted molar refractivity (Wildman–Crippen MR) is 58.0 cm³/mol. The first-order valence-corrected chi connectivity index (χ1v) is 6.28. The fourth-order valence-corrected chi connectivity index (χ4v) is 1.52. The van der Waals surface area contributed by atoms with Crippen LogP contribution in [0.2, 0.25) is 0 Å². The molecule has 0 fully saturated rings. The molecule has 5 nitrogen and oxygen atoms in total. The molecule has 0 aliphatic heterocycles. The molecule has 16 heavy (non-hydrogen) atoms. The van der Waals surface area contributed by atoms with Crippen molar-refractivity contribution in [3.63, 3.8) is 0 Å². The number of phenolic OH excluding ortho intramolecular Hbond substituents is 1. The number of hydrogen-bond acceptors (Lipinski definition) is 5. The van der Waals surface area contributed by atoms with Crippen molar-refractivity contribution in [1.82, 2.24) is 0 Å². The van der Waals surface area contributed by atoms with Gasteiger partial charge in [-0.25, -0.2) is 0 Å². The van der Waals surface area contributed by atoms with Gasteiger partial charge in [-0.3, -0.25) is 8.98 Å². The van der Waals surface area contributed by atoms with Crippen LogP contribution in [0.4, 0.5) is 0 Å². The van der Waals surface area contributed by atoms with Crippen molar-refractivity contribution >= 4 is 15.9 Å². The van der Waals surface area contributed by atoms with Gasteiger partial charge >= 0.3 is 0 Å². The Balaban J connectivity index is 2.82. The second-order valence-electron chi connectivity index (χ2n) is 3.39. The van der Waals surface area contributed by atoms with Crippen molar-refractivity contribution in [3.8, 4) is 5.75 Å². The van der Waals surface area contributed by atoms with E-state index in [1.807, 2.05) is 0 Å². The van der Waals surface area contributed by atoms with Gasteiger partial charge in [-0.15, -0.1) is 0 Å². The summed E-state index contributed by atoms with van der Waals surface area (Å²) in [5.74, 6) is -0.388. The van der Waals surface area contributed by atoms with Gasteiger partial charge in [0.25, 0.3) is 10.1 Å². The van der Waals surface area contributed by atoms with Gasteiger partial charge in [0.05, 0.1) is 6.26 Å². The number of phenols is 1. The fourth-order valence-electron chi connectivity index (χ4n) is 1.20. The molecule has 0 aliphatic rings. The van der Waals surface area contributed by atoms with Crippen LogP contribution in [0.3, 0.4) is 0 Å². The molecular formula is C10H12O5S. The molecule has 88 valence electrons. The van der Waals surface area contributed by atoms with Gasteiger partial charge in [-0.05, 0) is 30.7 Å².